The molecule has 1 amide bonds. The molecule has 7 heteroatoms. The number of hydrogen-bond donors (Lipinski definition) is 0. The van der Waals surface area contributed by atoms with Crippen LogP contribution in [0.4, 0.5) is 4.79 Å². The number of ether oxygens (including phenoxy) is 1. The molecule has 6 nitrogen and oxygen atoms in total. The van der Waals surface area contributed by atoms with Crippen LogP contribution >= 0.6 is 0 Å². The highest BCUT2D eigenvalue weighted by molar-refractivity contribution is 7.89. The topological polar surface area (TPSA) is 66.9 Å². The highest BCUT2D eigenvalue weighted by Crippen LogP contribution is 2.51. The van der Waals surface area contributed by atoms with E-state index in [1.165, 1.54) is 0 Å². The van der Waals surface area contributed by atoms with Crippen molar-refractivity contribution in [1.29, 1.82) is 0 Å². The lowest BCUT2D eigenvalue weighted by atomic mass is 9.70. The summed E-state index contributed by atoms with van der Waals surface area (Å²) in [6.07, 6.45) is 3.47. The normalized spacial score (nSPS) is 26.4. The lowest BCUT2D eigenvalue weighted by molar-refractivity contribution is -0.0463. The number of piperidine rings is 1. The van der Waals surface area contributed by atoms with E-state index < -0.39 is 15.6 Å². The molecule has 160 valence electrons. The van der Waals surface area contributed by atoms with Crippen LogP contribution in [0.3, 0.4) is 0 Å². The van der Waals surface area contributed by atoms with Gasteiger partial charge in [0.1, 0.15) is 5.60 Å². The van der Waals surface area contributed by atoms with E-state index in [2.05, 4.69) is 0 Å². The van der Waals surface area contributed by atoms with Gasteiger partial charge in [-0.25, -0.2) is 13.2 Å². The molecule has 1 spiro atoms. The summed E-state index contributed by atoms with van der Waals surface area (Å²) in [5, 5.41) is 0. The van der Waals surface area contributed by atoms with E-state index >= 15 is 0 Å². The lowest BCUT2D eigenvalue weighted by Gasteiger charge is -2.55. The lowest BCUT2D eigenvalue weighted by Crippen LogP contribution is -2.64. The Morgan fingerprint density at radius 3 is 2.21 bits per heavy atom. The van der Waals surface area contributed by atoms with Gasteiger partial charge in [0.05, 0.1) is 4.90 Å². The Hall–Kier alpha value is -1.60. The summed E-state index contributed by atoms with van der Waals surface area (Å²) in [5.74, 6) is 0. The van der Waals surface area contributed by atoms with Gasteiger partial charge in [0, 0.05) is 30.6 Å². The molecule has 2 unspecified atom stereocenters. The summed E-state index contributed by atoms with van der Waals surface area (Å²) < 4.78 is 33.5. The van der Waals surface area contributed by atoms with Crippen molar-refractivity contribution in [2.75, 3.05) is 13.1 Å². The monoisotopic (exact) mass is 420 g/mol. The molecule has 29 heavy (non-hydrogen) atoms. The summed E-state index contributed by atoms with van der Waals surface area (Å²) >= 11 is 0. The van der Waals surface area contributed by atoms with Crippen molar-refractivity contribution in [1.82, 2.24) is 9.21 Å². The number of aryl methyl sites for hydroxylation is 2. The van der Waals surface area contributed by atoms with Gasteiger partial charge < -0.3 is 9.64 Å². The molecule has 3 aliphatic rings. The van der Waals surface area contributed by atoms with Crippen LogP contribution in [0, 0.1) is 19.3 Å². The Morgan fingerprint density at radius 1 is 1.10 bits per heavy atom. The van der Waals surface area contributed by atoms with Gasteiger partial charge in [-0.2, -0.15) is 4.31 Å². The molecule has 3 saturated heterocycles. The van der Waals surface area contributed by atoms with E-state index in [-0.39, 0.29) is 23.6 Å². The highest BCUT2D eigenvalue weighted by Gasteiger charge is 2.57. The zero-order valence-electron chi connectivity index (χ0n) is 18.1. The molecule has 2 bridgehead atoms. The van der Waals surface area contributed by atoms with Crippen LogP contribution in [-0.2, 0) is 14.8 Å². The molecule has 0 radical (unpaired) electrons. The summed E-state index contributed by atoms with van der Waals surface area (Å²) in [5.41, 5.74) is 1.35. The Kier molecular flexibility index (Phi) is 4.78. The molecule has 3 fully saturated rings. The third-order valence-corrected chi connectivity index (χ3v) is 8.49. The van der Waals surface area contributed by atoms with Crippen molar-refractivity contribution in [3.05, 3.63) is 29.3 Å². The molecule has 0 saturated carbocycles. The largest absolute Gasteiger partial charge is 0.444 e. The Labute approximate surface area is 174 Å². The minimum atomic E-state index is -3.47. The summed E-state index contributed by atoms with van der Waals surface area (Å²) in [4.78, 5) is 15.0. The van der Waals surface area contributed by atoms with E-state index in [9.17, 15) is 13.2 Å². The van der Waals surface area contributed by atoms with Crippen molar-refractivity contribution in [2.45, 2.75) is 82.9 Å². The number of sulfonamides is 1. The number of nitrogens with zero attached hydrogens (tertiary/aromatic N) is 2. The van der Waals surface area contributed by atoms with Crippen LogP contribution in [0.5, 0.6) is 0 Å². The average molecular weight is 421 g/mol. The van der Waals surface area contributed by atoms with Gasteiger partial charge >= 0.3 is 6.09 Å². The van der Waals surface area contributed by atoms with Gasteiger partial charge in [0.2, 0.25) is 10.0 Å². The number of carbonyl (C=O) groups is 1. The number of benzene rings is 1. The first kappa shape index (κ1) is 20.7. The van der Waals surface area contributed by atoms with E-state index in [0.29, 0.717) is 18.0 Å². The van der Waals surface area contributed by atoms with Gasteiger partial charge in [0.15, 0.2) is 0 Å². The summed E-state index contributed by atoms with van der Waals surface area (Å²) in [6, 6.07) is 5.82. The highest BCUT2D eigenvalue weighted by atomic mass is 32.2. The van der Waals surface area contributed by atoms with Crippen LogP contribution < -0.4 is 0 Å². The quantitative estimate of drug-likeness (QED) is 0.729. The van der Waals surface area contributed by atoms with Crippen LogP contribution in [0.1, 0.15) is 57.6 Å². The molecular weight excluding hydrogens is 388 g/mol. The van der Waals surface area contributed by atoms with Crippen LogP contribution in [0.25, 0.3) is 0 Å². The molecule has 3 aliphatic heterocycles. The fourth-order valence-corrected chi connectivity index (χ4v) is 7.29. The molecule has 1 aromatic rings. The first-order chi connectivity index (χ1) is 13.4. The van der Waals surface area contributed by atoms with Crippen molar-refractivity contribution in [3.63, 3.8) is 0 Å². The van der Waals surface area contributed by atoms with E-state index in [1.807, 2.05) is 51.7 Å². The number of hydrogen-bond acceptors (Lipinski definition) is 4. The SMILES string of the molecule is Cc1ccc(S(=O)(=O)N2CC3(CC4CCC(C3)N4C(=O)OC(C)(C)C)C2)c(C)c1. The standard InChI is InChI=1S/C22H32N2O4S/c1-15-6-9-19(16(2)10-15)29(26,27)23-13-22(14-23)11-17-7-8-18(12-22)24(17)20(25)28-21(3,4)5/h6,9-10,17-18H,7-8,11-14H2,1-5H3. The first-order valence-electron chi connectivity index (χ1n) is 10.5. The molecule has 0 aliphatic carbocycles. The van der Waals surface area contributed by atoms with Gasteiger partial charge in [-0.15, -0.1) is 0 Å². The fourth-order valence-electron chi connectivity index (χ4n) is 5.42. The molecule has 3 heterocycles. The molecule has 0 aromatic heterocycles. The summed E-state index contributed by atoms with van der Waals surface area (Å²) in [6.45, 7) is 10.6. The van der Waals surface area contributed by atoms with Crippen LogP contribution in [0.15, 0.2) is 23.1 Å². The van der Waals surface area contributed by atoms with E-state index in [4.69, 9.17) is 4.74 Å². The maximum Gasteiger partial charge on any atom is 0.410 e. The van der Waals surface area contributed by atoms with Gasteiger partial charge in [0.25, 0.3) is 0 Å². The molecule has 4 rings (SSSR count). The van der Waals surface area contributed by atoms with Crippen LogP contribution in [-0.4, -0.2) is 54.5 Å². The Bertz CT molecular complexity index is 913. The predicted octanol–water partition coefficient (Wildman–Crippen LogP) is 3.86. The minimum Gasteiger partial charge on any atom is -0.444 e. The maximum absolute atomic E-state index is 13.1. The van der Waals surface area contributed by atoms with Gasteiger partial charge in [-0.1, -0.05) is 17.7 Å². The number of carbonyl (C=O) groups excluding carboxylic acids is 1. The molecular formula is C22H32N2O4S. The van der Waals surface area contributed by atoms with Crippen LogP contribution in [0.2, 0.25) is 0 Å². The third-order valence-electron chi connectivity index (χ3n) is 6.53. The van der Waals surface area contributed by atoms with Crippen molar-refractivity contribution in [3.8, 4) is 0 Å². The number of amides is 1. The third kappa shape index (κ3) is 3.67. The van der Waals surface area contributed by atoms with Gasteiger partial charge in [-0.05, 0) is 71.9 Å². The number of rotatable bonds is 2. The zero-order valence-corrected chi connectivity index (χ0v) is 18.9. The Morgan fingerprint density at radius 2 is 1.69 bits per heavy atom. The zero-order chi connectivity index (χ0) is 21.2. The molecule has 1 aromatic carbocycles. The predicted molar refractivity (Wildman–Crippen MR) is 111 cm³/mol. The second-order valence-electron chi connectivity index (χ2n) is 10.2. The first-order valence-corrected chi connectivity index (χ1v) is 11.9. The van der Waals surface area contributed by atoms with Crippen molar-refractivity contribution in [2.24, 2.45) is 5.41 Å². The maximum atomic E-state index is 13.1. The number of fused-ring (bicyclic) bond motifs is 2. The molecule has 2 atom stereocenters. The second kappa shape index (κ2) is 6.71. The van der Waals surface area contributed by atoms with E-state index in [0.717, 1.165) is 36.8 Å². The average Bonchev–Trinajstić information content (AvgIpc) is 2.82. The van der Waals surface area contributed by atoms with Gasteiger partial charge in [-0.3, -0.25) is 0 Å². The summed E-state index contributed by atoms with van der Waals surface area (Å²) in [7, 11) is -3.47. The molecule has 0 N–H and O–H groups in total. The Balaban J connectivity index is 1.46. The smallest absolute Gasteiger partial charge is 0.410 e. The fraction of sp³-hybridized carbons (Fsp3) is 0.682. The second-order valence-corrected chi connectivity index (χ2v) is 12.1. The minimum absolute atomic E-state index is 0.00395. The van der Waals surface area contributed by atoms with Crippen molar-refractivity contribution >= 4 is 16.1 Å². The van der Waals surface area contributed by atoms with Crippen molar-refractivity contribution < 1.29 is 17.9 Å². The van der Waals surface area contributed by atoms with E-state index in [1.54, 1.807) is 10.4 Å².